The number of benzene rings is 1. The van der Waals surface area contributed by atoms with Crippen molar-refractivity contribution in [3.63, 3.8) is 0 Å². The second-order valence-corrected chi connectivity index (χ2v) is 6.48. The van der Waals surface area contributed by atoms with Gasteiger partial charge in [-0.25, -0.2) is 14.2 Å². The fourth-order valence-corrected chi connectivity index (χ4v) is 3.00. The number of aromatic nitrogens is 1. The molecule has 2 amide bonds. The van der Waals surface area contributed by atoms with Gasteiger partial charge in [-0.05, 0) is 37.1 Å². The Morgan fingerprint density at radius 1 is 1.19 bits per heavy atom. The zero-order chi connectivity index (χ0) is 18.4. The third-order valence-electron chi connectivity index (χ3n) is 4.42. The van der Waals surface area contributed by atoms with Gasteiger partial charge in [0.05, 0.1) is 5.60 Å². The Labute approximate surface area is 151 Å². The number of rotatable bonds is 5. The molecular weight excluding hydrogens is 337 g/mol. The van der Waals surface area contributed by atoms with E-state index in [2.05, 4.69) is 15.6 Å². The summed E-state index contributed by atoms with van der Waals surface area (Å²) in [5.74, 6) is -0.414. The number of carbonyl (C=O) groups is 1. The predicted molar refractivity (Wildman–Crippen MR) is 95.8 cm³/mol. The predicted octanol–water partition coefficient (Wildman–Crippen LogP) is 3.83. The maximum atomic E-state index is 13.8. The van der Waals surface area contributed by atoms with Crippen molar-refractivity contribution in [1.82, 2.24) is 10.3 Å². The van der Waals surface area contributed by atoms with Gasteiger partial charge in [0.1, 0.15) is 5.69 Å². The molecule has 26 heavy (non-hydrogen) atoms. The van der Waals surface area contributed by atoms with Gasteiger partial charge in [-0.3, -0.25) is 0 Å². The van der Waals surface area contributed by atoms with Gasteiger partial charge < -0.3 is 20.5 Å². The molecule has 1 aromatic carbocycles. The average molecular weight is 359 g/mol. The van der Waals surface area contributed by atoms with E-state index in [0.29, 0.717) is 18.5 Å². The van der Waals surface area contributed by atoms with Crippen LogP contribution in [0.5, 0.6) is 11.6 Å². The molecular formula is C19H22FN3O3. The minimum atomic E-state index is -0.850. The van der Waals surface area contributed by atoms with E-state index in [9.17, 15) is 14.3 Å². The number of urea groups is 1. The van der Waals surface area contributed by atoms with Crippen LogP contribution in [0.2, 0.25) is 0 Å². The van der Waals surface area contributed by atoms with Crippen LogP contribution in [0.25, 0.3) is 0 Å². The Hall–Kier alpha value is -2.67. The highest BCUT2D eigenvalue weighted by Gasteiger charge is 2.29. The van der Waals surface area contributed by atoms with E-state index < -0.39 is 17.4 Å². The van der Waals surface area contributed by atoms with Crippen molar-refractivity contribution in [2.45, 2.75) is 37.7 Å². The second-order valence-electron chi connectivity index (χ2n) is 6.48. The Kier molecular flexibility index (Phi) is 5.68. The molecule has 1 heterocycles. The highest BCUT2D eigenvalue weighted by Crippen LogP contribution is 2.29. The van der Waals surface area contributed by atoms with Gasteiger partial charge in [0, 0.05) is 12.7 Å². The number of hydrogen-bond donors (Lipinski definition) is 3. The summed E-state index contributed by atoms with van der Waals surface area (Å²) in [6.07, 6.45) is 5.89. The smallest absolute Gasteiger partial charge is 0.319 e. The van der Waals surface area contributed by atoms with Crippen LogP contribution >= 0.6 is 0 Å². The minimum absolute atomic E-state index is 0.0196. The number of nitrogens with one attached hydrogen (secondary N) is 2. The van der Waals surface area contributed by atoms with Crippen molar-refractivity contribution in [2.75, 3.05) is 11.9 Å². The number of carbonyl (C=O) groups excluding carboxylic acids is 1. The van der Waals surface area contributed by atoms with Crippen molar-refractivity contribution in [1.29, 1.82) is 0 Å². The normalized spacial score (nSPS) is 15.9. The molecule has 0 saturated heterocycles. The zero-order valence-corrected chi connectivity index (χ0v) is 14.4. The summed E-state index contributed by atoms with van der Waals surface area (Å²) in [6, 6.07) is 8.73. The van der Waals surface area contributed by atoms with Gasteiger partial charge in [0.25, 0.3) is 0 Å². The molecule has 0 atom stereocenters. The van der Waals surface area contributed by atoms with Crippen molar-refractivity contribution < 1.29 is 19.0 Å². The maximum absolute atomic E-state index is 13.8. The first kappa shape index (κ1) is 18.1. The van der Waals surface area contributed by atoms with E-state index in [0.717, 1.165) is 19.3 Å². The number of anilines is 1. The number of hydrogen-bond acceptors (Lipinski definition) is 4. The summed E-state index contributed by atoms with van der Waals surface area (Å²) in [6.45, 7) is 0.183. The minimum Gasteiger partial charge on any atom is -0.434 e. The second kappa shape index (κ2) is 8.14. The summed E-state index contributed by atoms with van der Waals surface area (Å²) in [5, 5.41) is 15.8. The van der Waals surface area contributed by atoms with Gasteiger partial charge in [-0.15, -0.1) is 0 Å². The summed E-state index contributed by atoms with van der Waals surface area (Å²) in [5.41, 5.74) is -0.541. The highest BCUT2D eigenvalue weighted by atomic mass is 19.1. The Morgan fingerprint density at radius 3 is 2.73 bits per heavy atom. The van der Waals surface area contributed by atoms with Crippen molar-refractivity contribution >= 4 is 11.7 Å². The lowest BCUT2D eigenvalue weighted by molar-refractivity contribution is 0.00755. The molecule has 1 aromatic heterocycles. The van der Waals surface area contributed by atoms with Crippen molar-refractivity contribution in [3.8, 4) is 11.6 Å². The lowest BCUT2D eigenvalue weighted by Gasteiger charge is -2.32. The number of para-hydroxylation sites is 1. The molecule has 1 fully saturated rings. The van der Waals surface area contributed by atoms with Crippen LogP contribution in [0.15, 0.2) is 42.6 Å². The molecule has 0 bridgehead atoms. The van der Waals surface area contributed by atoms with Crippen LogP contribution in [0.3, 0.4) is 0 Å². The summed E-state index contributed by atoms with van der Waals surface area (Å²) in [4.78, 5) is 16.2. The fourth-order valence-electron chi connectivity index (χ4n) is 3.00. The number of aliphatic hydroxyl groups is 1. The number of ether oxygens (including phenoxy) is 1. The van der Waals surface area contributed by atoms with E-state index in [4.69, 9.17) is 4.74 Å². The molecule has 0 spiro atoms. The topological polar surface area (TPSA) is 83.5 Å². The standard InChI is InChI=1S/C19H22FN3O3/c20-14-7-2-3-9-16(14)26-17-15(8-6-12-21-17)23-18(24)22-13-19(25)10-4-1-5-11-19/h2-3,6-9,12,25H,1,4-5,10-11,13H2,(H2,22,23,24). The Morgan fingerprint density at radius 2 is 1.96 bits per heavy atom. The molecule has 0 unspecified atom stereocenters. The van der Waals surface area contributed by atoms with E-state index in [1.807, 2.05) is 0 Å². The molecule has 1 saturated carbocycles. The molecule has 7 heteroatoms. The van der Waals surface area contributed by atoms with E-state index in [1.54, 1.807) is 24.3 Å². The van der Waals surface area contributed by atoms with Gasteiger partial charge in [-0.2, -0.15) is 0 Å². The van der Waals surface area contributed by atoms with E-state index in [1.165, 1.54) is 18.3 Å². The van der Waals surface area contributed by atoms with Gasteiger partial charge in [0.2, 0.25) is 5.88 Å². The molecule has 0 aliphatic heterocycles. The van der Waals surface area contributed by atoms with Gasteiger partial charge in [-0.1, -0.05) is 31.4 Å². The lowest BCUT2D eigenvalue weighted by atomic mass is 9.85. The molecule has 1 aliphatic carbocycles. The summed E-state index contributed by atoms with van der Waals surface area (Å²) < 4.78 is 19.2. The zero-order valence-electron chi connectivity index (χ0n) is 14.4. The van der Waals surface area contributed by atoms with Crippen molar-refractivity contribution in [2.24, 2.45) is 0 Å². The number of halogens is 1. The van der Waals surface area contributed by atoms with Crippen LogP contribution < -0.4 is 15.4 Å². The first-order valence-corrected chi connectivity index (χ1v) is 8.70. The fraction of sp³-hybridized carbons (Fsp3) is 0.368. The lowest BCUT2D eigenvalue weighted by Crippen LogP contribution is -2.45. The number of amides is 2. The molecule has 2 aromatic rings. The van der Waals surface area contributed by atoms with Gasteiger partial charge in [0.15, 0.2) is 11.6 Å². The summed E-state index contributed by atoms with van der Waals surface area (Å²) >= 11 is 0. The third kappa shape index (κ3) is 4.70. The van der Waals surface area contributed by atoms with Crippen LogP contribution in [0.1, 0.15) is 32.1 Å². The average Bonchev–Trinajstić information content (AvgIpc) is 2.64. The number of nitrogens with zero attached hydrogens (tertiary/aromatic N) is 1. The van der Waals surface area contributed by atoms with Crippen LogP contribution in [-0.2, 0) is 0 Å². The third-order valence-corrected chi connectivity index (χ3v) is 4.42. The first-order chi connectivity index (χ1) is 12.6. The van der Waals surface area contributed by atoms with E-state index in [-0.39, 0.29) is 18.2 Å². The maximum Gasteiger partial charge on any atom is 0.319 e. The monoisotopic (exact) mass is 359 g/mol. The Bertz CT molecular complexity index is 763. The molecule has 0 radical (unpaired) electrons. The number of pyridine rings is 1. The van der Waals surface area contributed by atoms with Crippen LogP contribution in [0.4, 0.5) is 14.9 Å². The molecule has 3 N–H and O–H groups in total. The van der Waals surface area contributed by atoms with Crippen LogP contribution in [-0.4, -0.2) is 28.3 Å². The first-order valence-electron chi connectivity index (χ1n) is 8.70. The molecule has 3 rings (SSSR count). The van der Waals surface area contributed by atoms with Crippen molar-refractivity contribution in [3.05, 3.63) is 48.4 Å². The van der Waals surface area contributed by atoms with Crippen LogP contribution in [0, 0.1) is 5.82 Å². The summed E-state index contributed by atoms with van der Waals surface area (Å²) in [7, 11) is 0. The molecule has 1 aliphatic rings. The largest absolute Gasteiger partial charge is 0.434 e. The quantitative estimate of drug-likeness (QED) is 0.758. The molecule has 6 nitrogen and oxygen atoms in total. The van der Waals surface area contributed by atoms with E-state index >= 15 is 0 Å². The Balaban J connectivity index is 1.62. The molecule has 138 valence electrons. The highest BCUT2D eigenvalue weighted by molar-refractivity contribution is 5.90. The SMILES string of the molecule is O=C(NCC1(O)CCCCC1)Nc1cccnc1Oc1ccccc1F. The van der Waals surface area contributed by atoms with Gasteiger partial charge >= 0.3 is 6.03 Å².